The van der Waals surface area contributed by atoms with E-state index in [2.05, 4.69) is 26.3 Å². The molecule has 1 heterocycles. The summed E-state index contributed by atoms with van der Waals surface area (Å²) >= 11 is 3.34. The standard InChI is InChI=1S/C17H13BrFN3O2/c1-24-16-7-6-11(8-13(16)19)17(23)21-14-4-2-3-5-15(14)22-10-12(18)9-20-22/h2-10H,1H3,(H,21,23). The van der Waals surface area contributed by atoms with E-state index < -0.39 is 11.7 Å². The van der Waals surface area contributed by atoms with Crippen LogP contribution in [-0.2, 0) is 0 Å². The van der Waals surface area contributed by atoms with Crippen molar-refractivity contribution in [1.29, 1.82) is 0 Å². The van der Waals surface area contributed by atoms with Crippen LogP contribution in [0.5, 0.6) is 5.75 Å². The molecular formula is C17H13BrFN3O2. The van der Waals surface area contributed by atoms with Gasteiger partial charge in [0.2, 0.25) is 0 Å². The Kier molecular flexibility index (Phi) is 4.61. The molecule has 3 aromatic rings. The van der Waals surface area contributed by atoms with Gasteiger partial charge in [-0.15, -0.1) is 0 Å². The van der Waals surface area contributed by atoms with Crippen molar-refractivity contribution >= 4 is 27.5 Å². The number of hydrogen-bond acceptors (Lipinski definition) is 3. The molecule has 1 aromatic heterocycles. The summed E-state index contributed by atoms with van der Waals surface area (Å²) < 4.78 is 21.1. The van der Waals surface area contributed by atoms with E-state index in [0.29, 0.717) is 11.4 Å². The predicted molar refractivity (Wildman–Crippen MR) is 92.2 cm³/mol. The first-order valence-electron chi connectivity index (χ1n) is 7.03. The van der Waals surface area contributed by atoms with E-state index in [-0.39, 0.29) is 11.3 Å². The van der Waals surface area contributed by atoms with E-state index >= 15 is 0 Å². The number of carbonyl (C=O) groups is 1. The van der Waals surface area contributed by atoms with Crippen molar-refractivity contribution in [3.8, 4) is 11.4 Å². The predicted octanol–water partition coefficient (Wildman–Crippen LogP) is 4.03. The van der Waals surface area contributed by atoms with Crippen molar-refractivity contribution in [2.24, 2.45) is 0 Å². The zero-order valence-corrected chi connectivity index (χ0v) is 14.2. The van der Waals surface area contributed by atoms with Crippen LogP contribution < -0.4 is 10.1 Å². The molecule has 0 saturated heterocycles. The Morgan fingerprint density at radius 1 is 1.29 bits per heavy atom. The van der Waals surface area contributed by atoms with E-state index in [9.17, 15) is 9.18 Å². The van der Waals surface area contributed by atoms with Gasteiger partial charge in [-0.05, 0) is 46.3 Å². The number of para-hydroxylation sites is 2. The zero-order valence-electron chi connectivity index (χ0n) is 12.7. The van der Waals surface area contributed by atoms with Crippen LogP contribution in [-0.4, -0.2) is 22.8 Å². The van der Waals surface area contributed by atoms with Gasteiger partial charge in [0.05, 0.1) is 29.2 Å². The molecule has 7 heteroatoms. The van der Waals surface area contributed by atoms with Crippen LogP contribution >= 0.6 is 15.9 Å². The molecule has 24 heavy (non-hydrogen) atoms. The molecule has 0 unspecified atom stereocenters. The molecule has 0 aliphatic heterocycles. The lowest BCUT2D eigenvalue weighted by Gasteiger charge is -2.11. The topological polar surface area (TPSA) is 56.1 Å². The number of rotatable bonds is 4. The van der Waals surface area contributed by atoms with E-state index in [1.807, 2.05) is 12.1 Å². The summed E-state index contributed by atoms with van der Waals surface area (Å²) in [6.45, 7) is 0. The molecule has 0 spiro atoms. The van der Waals surface area contributed by atoms with Gasteiger partial charge in [0.1, 0.15) is 0 Å². The lowest BCUT2D eigenvalue weighted by atomic mass is 10.2. The van der Waals surface area contributed by atoms with Gasteiger partial charge in [-0.2, -0.15) is 5.10 Å². The first kappa shape index (κ1) is 16.2. The fourth-order valence-electron chi connectivity index (χ4n) is 2.21. The number of anilines is 1. The number of carbonyl (C=O) groups excluding carboxylic acids is 1. The van der Waals surface area contributed by atoms with Crippen molar-refractivity contribution in [1.82, 2.24) is 9.78 Å². The van der Waals surface area contributed by atoms with Gasteiger partial charge < -0.3 is 10.1 Å². The average Bonchev–Trinajstić information content (AvgIpc) is 3.01. The third-order valence-electron chi connectivity index (χ3n) is 3.36. The Morgan fingerprint density at radius 3 is 2.75 bits per heavy atom. The number of nitrogens with one attached hydrogen (secondary N) is 1. The molecule has 122 valence electrons. The van der Waals surface area contributed by atoms with Gasteiger partial charge >= 0.3 is 0 Å². The molecule has 0 aliphatic rings. The van der Waals surface area contributed by atoms with E-state index in [4.69, 9.17) is 4.74 Å². The molecule has 0 saturated carbocycles. The minimum atomic E-state index is -0.588. The third kappa shape index (κ3) is 3.30. The van der Waals surface area contributed by atoms with Crippen molar-refractivity contribution in [2.75, 3.05) is 12.4 Å². The van der Waals surface area contributed by atoms with Crippen LogP contribution in [0.1, 0.15) is 10.4 Å². The Hall–Kier alpha value is -2.67. The van der Waals surface area contributed by atoms with Crippen LogP contribution in [0.15, 0.2) is 59.3 Å². The highest BCUT2D eigenvalue weighted by molar-refractivity contribution is 9.10. The van der Waals surface area contributed by atoms with Gasteiger partial charge in [0.25, 0.3) is 5.91 Å². The summed E-state index contributed by atoms with van der Waals surface area (Å²) in [6.07, 6.45) is 3.43. The van der Waals surface area contributed by atoms with E-state index in [1.165, 1.54) is 19.2 Å². The monoisotopic (exact) mass is 389 g/mol. The summed E-state index contributed by atoms with van der Waals surface area (Å²) in [5.74, 6) is -0.919. The molecule has 1 amide bonds. The highest BCUT2D eigenvalue weighted by Crippen LogP contribution is 2.23. The molecule has 0 aliphatic carbocycles. The minimum Gasteiger partial charge on any atom is -0.494 e. The summed E-state index contributed by atoms with van der Waals surface area (Å²) in [5.41, 5.74) is 1.46. The van der Waals surface area contributed by atoms with Gasteiger partial charge in [0.15, 0.2) is 11.6 Å². The number of ether oxygens (including phenoxy) is 1. The van der Waals surface area contributed by atoms with Crippen LogP contribution in [0.4, 0.5) is 10.1 Å². The SMILES string of the molecule is COc1ccc(C(=O)Nc2ccccc2-n2cc(Br)cn2)cc1F. The second-order valence-corrected chi connectivity index (χ2v) is 5.84. The molecule has 3 rings (SSSR count). The maximum atomic E-state index is 13.8. The van der Waals surface area contributed by atoms with Gasteiger partial charge in [-0.1, -0.05) is 12.1 Å². The second-order valence-electron chi connectivity index (χ2n) is 4.92. The Morgan fingerprint density at radius 2 is 2.08 bits per heavy atom. The summed E-state index contributed by atoms with van der Waals surface area (Å²) in [6, 6.07) is 11.3. The molecule has 5 nitrogen and oxygen atoms in total. The Balaban J connectivity index is 1.89. The maximum absolute atomic E-state index is 13.8. The first-order chi connectivity index (χ1) is 11.6. The lowest BCUT2D eigenvalue weighted by molar-refractivity contribution is 0.102. The highest BCUT2D eigenvalue weighted by atomic mass is 79.9. The number of aromatic nitrogens is 2. The van der Waals surface area contributed by atoms with E-state index in [0.717, 1.165) is 10.5 Å². The number of methoxy groups -OCH3 is 1. The Bertz CT molecular complexity index is 895. The van der Waals surface area contributed by atoms with Crippen LogP contribution in [0, 0.1) is 5.82 Å². The van der Waals surface area contributed by atoms with Gasteiger partial charge in [0, 0.05) is 11.8 Å². The smallest absolute Gasteiger partial charge is 0.255 e. The summed E-state index contributed by atoms with van der Waals surface area (Å²) in [7, 11) is 1.37. The minimum absolute atomic E-state index is 0.0911. The number of benzene rings is 2. The highest BCUT2D eigenvalue weighted by Gasteiger charge is 2.13. The van der Waals surface area contributed by atoms with Gasteiger partial charge in [-0.3, -0.25) is 4.79 Å². The quantitative estimate of drug-likeness (QED) is 0.732. The van der Waals surface area contributed by atoms with Crippen molar-refractivity contribution in [2.45, 2.75) is 0 Å². The van der Waals surface area contributed by atoms with Crippen molar-refractivity contribution < 1.29 is 13.9 Å². The van der Waals surface area contributed by atoms with Crippen LogP contribution in [0.3, 0.4) is 0 Å². The van der Waals surface area contributed by atoms with Crippen molar-refractivity contribution in [3.05, 3.63) is 70.7 Å². The van der Waals surface area contributed by atoms with Gasteiger partial charge in [-0.25, -0.2) is 9.07 Å². The molecule has 0 fully saturated rings. The fraction of sp³-hybridized carbons (Fsp3) is 0.0588. The molecular weight excluding hydrogens is 377 g/mol. The third-order valence-corrected chi connectivity index (χ3v) is 3.77. The fourth-order valence-corrected chi connectivity index (χ4v) is 2.50. The number of hydrogen-bond donors (Lipinski definition) is 1. The Labute approximate surface area is 146 Å². The first-order valence-corrected chi connectivity index (χ1v) is 7.82. The molecule has 2 aromatic carbocycles. The number of halogens is 2. The lowest BCUT2D eigenvalue weighted by Crippen LogP contribution is -2.14. The number of nitrogens with zero attached hydrogens (tertiary/aromatic N) is 2. The molecule has 0 radical (unpaired) electrons. The van der Waals surface area contributed by atoms with Crippen LogP contribution in [0.2, 0.25) is 0 Å². The normalized spacial score (nSPS) is 10.5. The van der Waals surface area contributed by atoms with E-state index in [1.54, 1.807) is 29.2 Å². The second kappa shape index (κ2) is 6.84. The average molecular weight is 390 g/mol. The molecule has 1 N–H and O–H groups in total. The summed E-state index contributed by atoms with van der Waals surface area (Å²) in [5, 5.41) is 6.98. The molecule has 0 atom stereocenters. The van der Waals surface area contributed by atoms with Crippen LogP contribution in [0.25, 0.3) is 5.69 Å². The maximum Gasteiger partial charge on any atom is 0.255 e. The largest absolute Gasteiger partial charge is 0.494 e. The summed E-state index contributed by atoms with van der Waals surface area (Å²) in [4.78, 5) is 12.4. The van der Waals surface area contributed by atoms with Crippen molar-refractivity contribution in [3.63, 3.8) is 0 Å². The molecule has 0 bridgehead atoms. The number of amides is 1. The zero-order chi connectivity index (χ0) is 17.1.